The summed E-state index contributed by atoms with van der Waals surface area (Å²) in [6.07, 6.45) is 0.813. The maximum Gasteiger partial charge on any atom is 0.242 e. The second kappa shape index (κ2) is 13.5. The number of hydrogen-bond donors (Lipinski definition) is 2. The molecule has 0 aromatic heterocycles. The van der Waals surface area contributed by atoms with Crippen LogP contribution in [0, 0.1) is 0 Å². The molecule has 10 heteroatoms. The van der Waals surface area contributed by atoms with Crippen molar-refractivity contribution in [2.45, 2.75) is 25.4 Å². The Morgan fingerprint density at radius 3 is 2.54 bits per heavy atom. The molecule has 2 aliphatic rings. The lowest BCUT2D eigenvalue weighted by atomic mass is 10.1. The van der Waals surface area contributed by atoms with Crippen molar-refractivity contribution >= 4 is 36.6 Å². The predicted molar refractivity (Wildman–Crippen MR) is 104 cm³/mol. The fourth-order valence-corrected chi connectivity index (χ4v) is 3.02. The molecule has 2 saturated heterocycles. The van der Waals surface area contributed by atoms with Crippen LogP contribution in [0.15, 0.2) is 0 Å². The molecule has 2 heterocycles. The molecule has 26 heavy (non-hydrogen) atoms. The third-order valence-corrected chi connectivity index (χ3v) is 4.60. The molecule has 2 fully saturated rings. The number of methoxy groups -OCH3 is 1. The lowest BCUT2D eigenvalue weighted by molar-refractivity contribution is -0.139. The summed E-state index contributed by atoms with van der Waals surface area (Å²) in [6.45, 7) is 7.75. The first-order valence-electron chi connectivity index (χ1n) is 8.74. The van der Waals surface area contributed by atoms with Crippen LogP contribution in [0.3, 0.4) is 0 Å². The first-order valence-corrected chi connectivity index (χ1v) is 8.74. The first kappa shape index (κ1) is 25.4. The Balaban J connectivity index is 0.00000312. The summed E-state index contributed by atoms with van der Waals surface area (Å²) >= 11 is 0. The molecule has 2 rings (SSSR count). The summed E-state index contributed by atoms with van der Waals surface area (Å²) in [4.78, 5) is 28.6. The smallest absolute Gasteiger partial charge is 0.242 e. The van der Waals surface area contributed by atoms with Gasteiger partial charge in [-0.2, -0.15) is 0 Å². The van der Waals surface area contributed by atoms with E-state index in [9.17, 15) is 9.59 Å². The zero-order chi connectivity index (χ0) is 17.4. The molecular weight excluding hydrogens is 383 g/mol. The number of amides is 2. The summed E-state index contributed by atoms with van der Waals surface area (Å²) in [5.41, 5.74) is 0. The van der Waals surface area contributed by atoms with E-state index in [-0.39, 0.29) is 48.7 Å². The van der Waals surface area contributed by atoms with Gasteiger partial charge in [0.05, 0.1) is 19.3 Å². The van der Waals surface area contributed by atoms with Gasteiger partial charge in [0.15, 0.2) is 0 Å². The van der Waals surface area contributed by atoms with Crippen LogP contribution in [0.1, 0.15) is 13.3 Å². The fourth-order valence-electron chi connectivity index (χ4n) is 3.02. The lowest BCUT2D eigenvalue weighted by Crippen LogP contribution is -2.59. The van der Waals surface area contributed by atoms with E-state index in [1.165, 1.54) is 0 Å². The maximum atomic E-state index is 12.4. The molecule has 0 radical (unpaired) electrons. The fraction of sp³-hybridized carbons (Fsp3) is 0.875. The van der Waals surface area contributed by atoms with Gasteiger partial charge in [0.2, 0.25) is 11.8 Å². The van der Waals surface area contributed by atoms with E-state index in [4.69, 9.17) is 9.47 Å². The van der Waals surface area contributed by atoms with Crippen LogP contribution in [0.2, 0.25) is 0 Å². The minimum Gasteiger partial charge on any atom is -0.385 e. The zero-order valence-electron chi connectivity index (χ0n) is 15.6. The van der Waals surface area contributed by atoms with Crippen molar-refractivity contribution in [2.75, 3.05) is 66.2 Å². The largest absolute Gasteiger partial charge is 0.385 e. The van der Waals surface area contributed by atoms with Gasteiger partial charge < -0.3 is 25.0 Å². The van der Waals surface area contributed by atoms with Crippen molar-refractivity contribution in [1.82, 2.24) is 20.4 Å². The standard InChI is InChI=1S/C16H30N4O4.2ClH/c1-13(15(21)18-4-3-10-23-2)19-6-8-20(9-7-19)16(22)14-12-24-11-5-17-14;;/h13-14,17H,3-12H2,1-2H3,(H,18,21);2*1H. The van der Waals surface area contributed by atoms with Gasteiger partial charge in [-0.05, 0) is 13.3 Å². The van der Waals surface area contributed by atoms with Crippen LogP contribution in [0.25, 0.3) is 0 Å². The summed E-state index contributed by atoms with van der Waals surface area (Å²) in [5.74, 6) is 0.138. The summed E-state index contributed by atoms with van der Waals surface area (Å²) in [6, 6.07) is -0.409. The number of carbonyl (C=O) groups is 2. The van der Waals surface area contributed by atoms with Gasteiger partial charge >= 0.3 is 0 Å². The number of nitrogens with one attached hydrogen (secondary N) is 2. The molecule has 0 saturated carbocycles. The van der Waals surface area contributed by atoms with Crippen molar-refractivity contribution in [2.24, 2.45) is 0 Å². The predicted octanol–water partition coefficient (Wildman–Crippen LogP) is -0.496. The number of hydrogen-bond acceptors (Lipinski definition) is 6. The molecule has 154 valence electrons. The van der Waals surface area contributed by atoms with Gasteiger partial charge in [-0.1, -0.05) is 0 Å². The number of rotatable bonds is 7. The number of ether oxygens (including phenoxy) is 2. The number of halogens is 2. The van der Waals surface area contributed by atoms with Crippen LogP contribution in [-0.2, 0) is 19.1 Å². The third kappa shape index (κ3) is 7.54. The first-order chi connectivity index (χ1) is 11.6. The highest BCUT2D eigenvalue weighted by atomic mass is 35.5. The third-order valence-electron chi connectivity index (χ3n) is 4.60. The highest BCUT2D eigenvalue weighted by Gasteiger charge is 2.31. The number of morpholine rings is 1. The van der Waals surface area contributed by atoms with Crippen molar-refractivity contribution in [3.8, 4) is 0 Å². The Labute approximate surface area is 168 Å². The minimum absolute atomic E-state index is 0. The molecule has 2 N–H and O–H groups in total. The number of nitrogens with zero attached hydrogens (tertiary/aromatic N) is 2. The molecular formula is C16H32Cl2N4O4. The van der Waals surface area contributed by atoms with E-state index < -0.39 is 0 Å². The highest BCUT2D eigenvalue weighted by Crippen LogP contribution is 2.09. The highest BCUT2D eigenvalue weighted by molar-refractivity contribution is 5.85. The maximum absolute atomic E-state index is 12.4. The summed E-state index contributed by atoms with van der Waals surface area (Å²) < 4.78 is 10.3. The van der Waals surface area contributed by atoms with Crippen molar-refractivity contribution in [3.05, 3.63) is 0 Å². The van der Waals surface area contributed by atoms with E-state index in [1.807, 2.05) is 11.8 Å². The summed E-state index contributed by atoms with van der Waals surface area (Å²) in [5, 5.41) is 6.13. The Bertz CT molecular complexity index is 417. The van der Waals surface area contributed by atoms with Gasteiger partial charge in [-0.25, -0.2) is 0 Å². The van der Waals surface area contributed by atoms with E-state index >= 15 is 0 Å². The number of carbonyl (C=O) groups excluding carboxylic acids is 2. The van der Waals surface area contributed by atoms with Crippen LogP contribution in [0.5, 0.6) is 0 Å². The Hall–Kier alpha value is -0.640. The van der Waals surface area contributed by atoms with Crippen LogP contribution >= 0.6 is 24.8 Å². The Morgan fingerprint density at radius 1 is 1.27 bits per heavy atom. The molecule has 0 spiro atoms. The molecule has 2 atom stereocenters. The van der Waals surface area contributed by atoms with Gasteiger partial charge in [0.1, 0.15) is 6.04 Å². The average molecular weight is 415 g/mol. The van der Waals surface area contributed by atoms with Gasteiger partial charge in [-0.15, -0.1) is 24.8 Å². The molecule has 2 amide bonds. The van der Waals surface area contributed by atoms with E-state index in [2.05, 4.69) is 15.5 Å². The molecule has 0 aromatic rings. The van der Waals surface area contributed by atoms with Crippen molar-refractivity contribution in [1.29, 1.82) is 0 Å². The SMILES string of the molecule is COCCCNC(=O)C(C)N1CCN(C(=O)C2COCCN2)CC1.Cl.Cl. The minimum atomic E-state index is -0.230. The quantitative estimate of drug-likeness (QED) is 0.546. The molecule has 0 aromatic carbocycles. The van der Waals surface area contributed by atoms with E-state index in [0.717, 1.165) is 13.0 Å². The molecule has 8 nitrogen and oxygen atoms in total. The van der Waals surface area contributed by atoms with Crippen molar-refractivity contribution < 1.29 is 19.1 Å². The van der Waals surface area contributed by atoms with Crippen LogP contribution < -0.4 is 10.6 Å². The monoisotopic (exact) mass is 414 g/mol. The van der Waals surface area contributed by atoms with E-state index in [0.29, 0.717) is 52.5 Å². The molecule has 0 bridgehead atoms. The van der Waals surface area contributed by atoms with E-state index in [1.54, 1.807) is 7.11 Å². The number of piperazine rings is 1. The van der Waals surface area contributed by atoms with Crippen molar-refractivity contribution in [3.63, 3.8) is 0 Å². The molecule has 0 aliphatic carbocycles. The summed E-state index contributed by atoms with van der Waals surface area (Å²) in [7, 11) is 1.65. The average Bonchev–Trinajstić information content (AvgIpc) is 2.64. The van der Waals surface area contributed by atoms with Gasteiger partial charge in [0.25, 0.3) is 0 Å². The topological polar surface area (TPSA) is 83.1 Å². The van der Waals surface area contributed by atoms with Crippen LogP contribution in [-0.4, -0.2) is 99.9 Å². The molecule has 2 aliphatic heterocycles. The zero-order valence-corrected chi connectivity index (χ0v) is 17.2. The van der Waals surface area contributed by atoms with Gasteiger partial charge in [0, 0.05) is 53.0 Å². The lowest BCUT2D eigenvalue weighted by Gasteiger charge is -2.39. The normalized spacial score (nSPS) is 21.9. The molecule has 2 unspecified atom stereocenters. The second-order valence-corrected chi connectivity index (χ2v) is 6.26. The Morgan fingerprint density at radius 2 is 1.96 bits per heavy atom. The Kier molecular flexibility index (Phi) is 13.2. The van der Waals surface area contributed by atoms with Gasteiger partial charge in [-0.3, -0.25) is 14.5 Å². The van der Waals surface area contributed by atoms with Crippen LogP contribution in [0.4, 0.5) is 0 Å². The second-order valence-electron chi connectivity index (χ2n) is 6.26.